The molecule has 2 aliphatic rings. The number of amides is 1. The molecule has 2 atom stereocenters. The van der Waals surface area contributed by atoms with Gasteiger partial charge in [-0.1, -0.05) is 12.1 Å². The molecule has 0 aromatic heterocycles. The number of fused-ring (bicyclic) bond motifs is 1. The second-order valence-electron chi connectivity index (χ2n) is 6.17. The van der Waals surface area contributed by atoms with Gasteiger partial charge in [-0.25, -0.2) is 0 Å². The van der Waals surface area contributed by atoms with E-state index in [1.807, 2.05) is 29.2 Å². The molecule has 2 heterocycles. The monoisotopic (exact) mass is 288 g/mol. The van der Waals surface area contributed by atoms with Crippen molar-refractivity contribution in [3.05, 3.63) is 29.8 Å². The van der Waals surface area contributed by atoms with Crippen molar-refractivity contribution in [2.24, 2.45) is 11.8 Å². The summed E-state index contributed by atoms with van der Waals surface area (Å²) in [5, 5.41) is 3.46. The summed E-state index contributed by atoms with van der Waals surface area (Å²) in [7, 11) is 1.67. The maximum atomic E-state index is 12.5. The average Bonchev–Trinajstić information content (AvgIpc) is 2.67. The number of likely N-dealkylation sites (tertiary alicyclic amines) is 1. The van der Waals surface area contributed by atoms with E-state index < -0.39 is 0 Å². The van der Waals surface area contributed by atoms with Gasteiger partial charge in [0.1, 0.15) is 5.75 Å². The van der Waals surface area contributed by atoms with Crippen LogP contribution in [0.2, 0.25) is 0 Å². The van der Waals surface area contributed by atoms with Crippen LogP contribution in [0.25, 0.3) is 0 Å². The first-order valence-corrected chi connectivity index (χ1v) is 7.87. The molecule has 1 N–H and O–H groups in total. The SMILES string of the molecule is COc1ccc(CN2CC[C@H]3CNCC[C@H]3CC2=O)cc1. The molecule has 0 bridgehead atoms. The van der Waals surface area contributed by atoms with Crippen LogP contribution in [-0.4, -0.2) is 37.6 Å². The highest BCUT2D eigenvalue weighted by atomic mass is 16.5. The number of ether oxygens (including phenoxy) is 1. The van der Waals surface area contributed by atoms with Gasteiger partial charge in [-0.2, -0.15) is 0 Å². The van der Waals surface area contributed by atoms with Crippen LogP contribution in [0.4, 0.5) is 0 Å². The van der Waals surface area contributed by atoms with E-state index >= 15 is 0 Å². The number of hydrogen-bond acceptors (Lipinski definition) is 3. The third-order valence-corrected chi connectivity index (χ3v) is 4.86. The molecule has 2 fully saturated rings. The number of rotatable bonds is 3. The number of nitrogens with zero attached hydrogens (tertiary/aromatic N) is 1. The fourth-order valence-electron chi connectivity index (χ4n) is 3.50. The smallest absolute Gasteiger partial charge is 0.223 e. The Labute approximate surface area is 126 Å². The van der Waals surface area contributed by atoms with E-state index in [0.717, 1.165) is 51.2 Å². The number of benzene rings is 1. The van der Waals surface area contributed by atoms with Gasteiger partial charge in [0.15, 0.2) is 0 Å². The van der Waals surface area contributed by atoms with E-state index in [9.17, 15) is 4.79 Å². The Hall–Kier alpha value is -1.55. The molecule has 4 nitrogen and oxygen atoms in total. The Balaban J connectivity index is 1.65. The van der Waals surface area contributed by atoms with Crippen molar-refractivity contribution in [2.75, 3.05) is 26.7 Å². The molecule has 21 heavy (non-hydrogen) atoms. The Morgan fingerprint density at radius 3 is 2.81 bits per heavy atom. The van der Waals surface area contributed by atoms with Crippen LogP contribution >= 0.6 is 0 Å². The summed E-state index contributed by atoms with van der Waals surface area (Å²) in [5.74, 6) is 2.43. The molecule has 0 radical (unpaired) electrons. The van der Waals surface area contributed by atoms with Crippen molar-refractivity contribution in [1.29, 1.82) is 0 Å². The molecule has 0 unspecified atom stereocenters. The van der Waals surface area contributed by atoms with E-state index in [-0.39, 0.29) is 0 Å². The normalized spacial score (nSPS) is 26.1. The minimum absolute atomic E-state index is 0.320. The number of carbonyl (C=O) groups excluding carboxylic acids is 1. The van der Waals surface area contributed by atoms with Gasteiger partial charge in [-0.3, -0.25) is 4.79 Å². The van der Waals surface area contributed by atoms with Crippen LogP contribution in [0.15, 0.2) is 24.3 Å². The van der Waals surface area contributed by atoms with Crippen molar-refractivity contribution in [2.45, 2.75) is 25.8 Å². The van der Waals surface area contributed by atoms with Crippen molar-refractivity contribution in [1.82, 2.24) is 10.2 Å². The first kappa shape index (κ1) is 14.4. The van der Waals surface area contributed by atoms with Gasteiger partial charge in [0.2, 0.25) is 5.91 Å². The maximum Gasteiger partial charge on any atom is 0.223 e. The van der Waals surface area contributed by atoms with Gasteiger partial charge in [-0.05, 0) is 55.5 Å². The Morgan fingerprint density at radius 1 is 1.24 bits per heavy atom. The first-order chi connectivity index (χ1) is 10.3. The fourth-order valence-corrected chi connectivity index (χ4v) is 3.50. The van der Waals surface area contributed by atoms with E-state index in [1.54, 1.807) is 7.11 Å². The molecule has 0 aliphatic carbocycles. The fraction of sp³-hybridized carbons (Fsp3) is 0.588. The Morgan fingerprint density at radius 2 is 2.05 bits per heavy atom. The number of carbonyl (C=O) groups is 1. The molecular formula is C17H24N2O2. The number of piperidine rings is 1. The van der Waals surface area contributed by atoms with Gasteiger partial charge < -0.3 is 15.0 Å². The largest absolute Gasteiger partial charge is 0.497 e. The molecule has 2 saturated heterocycles. The zero-order valence-corrected chi connectivity index (χ0v) is 12.7. The summed E-state index contributed by atoms with van der Waals surface area (Å²) in [4.78, 5) is 14.5. The summed E-state index contributed by atoms with van der Waals surface area (Å²) >= 11 is 0. The Kier molecular flexibility index (Phi) is 4.44. The van der Waals surface area contributed by atoms with Crippen LogP contribution < -0.4 is 10.1 Å². The van der Waals surface area contributed by atoms with Crippen LogP contribution in [0.1, 0.15) is 24.8 Å². The summed E-state index contributed by atoms with van der Waals surface area (Å²) < 4.78 is 5.18. The highest BCUT2D eigenvalue weighted by molar-refractivity contribution is 5.76. The highest BCUT2D eigenvalue weighted by Crippen LogP contribution is 2.30. The summed E-state index contributed by atoms with van der Waals surface area (Å²) in [5.41, 5.74) is 1.17. The zero-order valence-electron chi connectivity index (χ0n) is 12.7. The van der Waals surface area contributed by atoms with Crippen molar-refractivity contribution in [3.8, 4) is 5.75 Å². The van der Waals surface area contributed by atoms with E-state index in [2.05, 4.69) is 5.32 Å². The summed E-state index contributed by atoms with van der Waals surface area (Å²) in [6.07, 6.45) is 2.99. The van der Waals surface area contributed by atoms with Gasteiger partial charge in [0, 0.05) is 19.5 Å². The Bertz CT molecular complexity index is 486. The van der Waals surface area contributed by atoms with Crippen molar-refractivity contribution < 1.29 is 9.53 Å². The lowest BCUT2D eigenvalue weighted by Crippen LogP contribution is -2.36. The molecule has 4 heteroatoms. The summed E-state index contributed by atoms with van der Waals surface area (Å²) in [6, 6.07) is 8.01. The second kappa shape index (κ2) is 6.48. The van der Waals surface area contributed by atoms with Crippen LogP contribution in [0.5, 0.6) is 5.75 Å². The number of methoxy groups -OCH3 is 1. The predicted molar refractivity (Wildman–Crippen MR) is 82.1 cm³/mol. The lowest BCUT2D eigenvalue weighted by molar-refractivity contribution is -0.132. The van der Waals surface area contributed by atoms with Gasteiger partial charge in [-0.15, -0.1) is 0 Å². The van der Waals surface area contributed by atoms with Gasteiger partial charge >= 0.3 is 0 Å². The molecule has 0 spiro atoms. The third kappa shape index (κ3) is 3.38. The molecule has 114 valence electrons. The topological polar surface area (TPSA) is 41.6 Å². The molecule has 3 rings (SSSR count). The number of nitrogens with one attached hydrogen (secondary N) is 1. The van der Waals surface area contributed by atoms with Crippen molar-refractivity contribution >= 4 is 5.91 Å². The standard InChI is InChI=1S/C17H24N2O2/c1-21-16-4-2-13(3-5-16)12-19-9-7-15-11-18-8-6-14(15)10-17(19)20/h2-5,14-15,18H,6-12H2,1H3/t14-,15-/m0/s1. The van der Waals surface area contributed by atoms with Gasteiger partial charge in [0.25, 0.3) is 0 Å². The molecule has 1 amide bonds. The minimum Gasteiger partial charge on any atom is -0.497 e. The predicted octanol–water partition coefficient (Wildman–Crippen LogP) is 2.04. The quantitative estimate of drug-likeness (QED) is 0.925. The van der Waals surface area contributed by atoms with E-state index in [1.165, 1.54) is 5.56 Å². The lowest BCUT2D eigenvalue weighted by Gasteiger charge is -2.29. The van der Waals surface area contributed by atoms with E-state index in [0.29, 0.717) is 17.7 Å². The van der Waals surface area contributed by atoms with Crippen molar-refractivity contribution in [3.63, 3.8) is 0 Å². The average molecular weight is 288 g/mol. The third-order valence-electron chi connectivity index (χ3n) is 4.86. The molecular weight excluding hydrogens is 264 g/mol. The molecule has 0 saturated carbocycles. The molecule has 1 aromatic carbocycles. The minimum atomic E-state index is 0.320. The summed E-state index contributed by atoms with van der Waals surface area (Å²) in [6.45, 7) is 3.74. The van der Waals surface area contributed by atoms with E-state index in [4.69, 9.17) is 4.74 Å². The zero-order chi connectivity index (χ0) is 14.7. The highest BCUT2D eigenvalue weighted by Gasteiger charge is 2.32. The second-order valence-corrected chi connectivity index (χ2v) is 6.17. The molecule has 2 aliphatic heterocycles. The van der Waals surface area contributed by atoms with Crippen LogP contribution in [0, 0.1) is 11.8 Å². The van der Waals surface area contributed by atoms with Crippen LogP contribution in [0.3, 0.4) is 0 Å². The number of hydrogen-bond donors (Lipinski definition) is 1. The molecule has 1 aromatic rings. The van der Waals surface area contributed by atoms with Crippen LogP contribution in [-0.2, 0) is 11.3 Å². The maximum absolute atomic E-state index is 12.5. The van der Waals surface area contributed by atoms with Gasteiger partial charge in [0.05, 0.1) is 7.11 Å². The first-order valence-electron chi connectivity index (χ1n) is 7.87. The lowest BCUT2D eigenvalue weighted by atomic mass is 9.83.